The van der Waals surface area contributed by atoms with Crippen molar-refractivity contribution in [1.82, 2.24) is 0 Å². The van der Waals surface area contributed by atoms with E-state index in [4.69, 9.17) is 0 Å². The summed E-state index contributed by atoms with van der Waals surface area (Å²) in [6.07, 6.45) is 6.26. The first kappa shape index (κ1) is 15.2. The summed E-state index contributed by atoms with van der Waals surface area (Å²) < 4.78 is 12.6. The van der Waals surface area contributed by atoms with Gasteiger partial charge in [-0.25, -0.2) is 4.39 Å². The van der Waals surface area contributed by atoms with Crippen LogP contribution < -0.4 is 0 Å². The zero-order valence-electron chi connectivity index (χ0n) is 10.6. The smallest absolute Gasteiger partial charge is 0.123 e. The average molecular weight is 240 g/mol. The van der Waals surface area contributed by atoms with Crippen LogP contribution in [0.3, 0.4) is 0 Å². The van der Waals surface area contributed by atoms with E-state index in [1.54, 1.807) is 11.8 Å². The fourth-order valence-electron chi connectivity index (χ4n) is 1.26. The molecule has 0 N–H and O–H groups in total. The minimum Gasteiger partial charge on any atom is -0.207 e. The van der Waals surface area contributed by atoms with Crippen LogP contribution in [0.15, 0.2) is 35.2 Å². The molecule has 90 valence electrons. The molecular formula is C14H21FS. The van der Waals surface area contributed by atoms with E-state index in [0.29, 0.717) is 0 Å². The van der Waals surface area contributed by atoms with Gasteiger partial charge in [-0.2, -0.15) is 0 Å². The second-order valence-corrected chi connectivity index (χ2v) is 4.02. The standard InChI is InChI=1S/C12H15FS.C2H6/c1-3-4-12(14-2)9-10-5-7-11(13)8-6-10;1-2/h4-8H,3,9H2,1-2H3;1-2H3/b12-4-;. The van der Waals surface area contributed by atoms with Gasteiger partial charge in [0, 0.05) is 6.42 Å². The Labute approximate surface area is 103 Å². The molecule has 2 heteroatoms. The molecule has 16 heavy (non-hydrogen) atoms. The lowest BCUT2D eigenvalue weighted by molar-refractivity contribution is 0.627. The highest BCUT2D eigenvalue weighted by molar-refractivity contribution is 8.02. The number of benzene rings is 1. The zero-order valence-corrected chi connectivity index (χ0v) is 11.4. The number of allylic oxidation sites excluding steroid dienone is 2. The first-order valence-corrected chi connectivity index (χ1v) is 6.96. The second-order valence-electron chi connectivity index (χ2n) is 3.09. The number of hydrogen-bond donors (Lipinski definition) is 0. The van der Waals surface area contributed by atoms with Gasteiger partial charge in [0.25, 0.3) is 0 Å². The lowest BCUT2D eigenvalue weighted by Gasteiger charge is -2.03. The summed E-state index contributed by atoms with van der Waals surface area (Å²) in [6.45, 7) is 6.13. The molecular weight excluding hydrogens is 219 g/mol. The molecule has 0 amide bonds. The van der Waals surface area contributed by atoms with Gasteiger partial charge in [0.05, 0.1) is 0 Å². The number of thioether (sulfide) groups is 1. The van der Waals surface area contributed by atoms with Crippen LogP contribution in [0.25, 0.3) is 0 Å². The maximum Gasteiger partial charge on any atom is 0.123 e. The van der Waals surface area contributed by atoms with Crippen LogP contribution in [0.5, 0.6) is 0 Å². The van der Waals surface area contributed by atoms with E-state index >= 15 is 0 Å². The van der Waals surface area contributed by atoms with E-state index in [9.17, 15) is 4.39 Å². The highest BCUT2D eigenvalue weighted by Crippen LogP contribution is 2.18. The van der Waals surface area contributed by atoms with Crippen molar-refractivity contribution in [3.63, 3.8) is 0 Å². The average Bonchev–Trinajstić information content (AvgIpc) is 2.34. The minimum atomic E-state index is -0.168. The lowest BCUT2D eigenvalue weighted by Crippen LogP contribution is -1.87. The molecule has 0 saturated heterocycles. The van der Waals surface area contributed by atoms with Crippen LogP contribution in [0.1, 0.15) is 32.8 Å². The van der Waals surface area contributed by atoms with E-state index < -0.39 is 0 Å². The molecule has 0 heterocycles. The predicted octanol–water partition coefficient (Wildman–Crippen LogP) is 5.05. The number of rotatable bonds is 4. The van der Waals surface area contributed by atoms with Gasteiger partial charge in [-0.1, -0.05) is 39.0 Å². The number of hydrogen-bond acceptors (Lipinski definition) is 1. The molecule has 1 rings (SSSR count). The third-order valence-electron chi connectivity index (χ3n) is 1.99. The van der Waals surface area contributed by atoms with Gasteiger partial charge in [0.15, 0.2) is 0 Å². The Morgan fingerprint density at radius 1 is 1.25 bits per heavy atom. The van der Waals surface area contributed by atoms with E-state index in [2.05, 4.69) is 19.3 Å². The van der Waals surface area contributed by atoms with E-state index in [-0.39, 0.29) is 5.82 Å². The Balaban J connectivity index is 0.00000106. The van der Waals surface area contributed by atoms with Gasteiger partial charge in [0.1, 0.15) is 5.82 Å². The van der Waals surface area contributed by atoms with Crippen molar-refractivity contribution >= 4 is 11.8 Å². The largest absolute Gasteiger partial charge is 0.207 e. The monoisotopic (exact) mass is 240 g/mol. The molecule has 0 saturated carbocycles. The highest BCUT2D eigenvalue weighted by atomic mass is 32.2. The van der Waals surface area contributed by atoms with Crippen molar-refractivity contribution in [1.29, 1.82) is 0 Å². The van der Waals surface area contributed by atoms with Crippen LogP contribution in [0, 0.1) is 5.82 Å². The first-order valence-electron chi connectivity index (χ1n) is 5.73. The summed E-state index contributed by atoms with van der Waals surface area (Å²) in [5.74, 6) is -0.168. The Morgan fingerprint density at radius 2 is 1.81 bits per heavy atom. The SMILES string of the molecule is CC.CC/C=C(/Cc1ccc(F)cc1)SC. The zero-order chi connectivity index (χ0) is 12.4. The van der Waals surface area contributed by atoms with E-state index in [1.807, 2.05) is 26.0 Å². The van der Waals surface area contributed by atoms with E-state index in [1.165, 1.54) is 22.6 Å². The molecule has 0 bridgehead atoms. The lowest BCUT2D eigenvalue weighted by atomic mass is 10.1. The van der Waals surface area contributed by atoms with Gasteiger partial charge >= 0.3 is 0 Å². The molecule has 0 aliphatic rings. The highest BCUT2D eigenvalue weighted by Gasteiger charge is 1.98. The van der Waals surface area contributed by atoms with Crippen LogP contribution >= 0.6 is 11.8 Å². The molecule has 0 aliphatic carbocycles. The van der Waals surface area contributed by atoms with Crippen molar-refractivity contribution in [2.45, 2.75) is 33.6 Å². The Kier molecular flexibility index (Phi) is 9.02. The Hall–Kier alpha value is -0.760. The normalized spacial score (nSPS) is 10.7. The summed E-state index contributed by atoms with van der Waals surface area (Å²) in [7, 11) is 0. The van der Waals surface area contributed by atoms with Crippen molar-refractivity contribution in [3.05, 3.63) is 46.6 Å². The maximum absolute atomic E-state index is 12.6. The molecule has 0 atom stereocenters. The molecule has 0 radical (unpaired) electrons. The molecule has 0 aromatic heterocycles. The quantitative estimate of drug-likeness (QED) is 0.709. The van der Waals surface area contributed by atoms with Crippen molar-refractivity contribution in [2.24, 2.45) is 0 Å². The van der Waals surface area contributed by atoms with Gasteiger partial charge in [0.2, 0.25) is 0 Å². The van der Waals surface area contributed by atoms with Crippen molar-refractivity contribution < 1.29 is 4.39 Å². The van der Waals surface area contributed by atoms with Gasteiger partial charge < -0.3 is 0 Å². The molecule has 1 aromatic carbocycles. The molecule has 0 nitrogen and oxygen atoms in total. The summed E-state index contributed by atoms with van der Waals surface area (Å²) in [5, 5.41) is 0. The first-order chi connectivity index (χ1) is 7.76. The van der Waals surface area contributed by atoms with Crippen molar-refractivity contribution in [3.8, 4) is 0 Å². The summed E-state index contributed by atoms with van der Waals surface area (Å²) >= 11 is 1.76. The van der Waals surface area contributed by atoms with E-state index in [0.717, 1.165) is 12.8 Å². The Morgan fingerprint density at radius 3 is 2.25 bits per heavy atom. The van der Waals surface area contributed by atoms with Crippen LogP contribution in [-0.2, 0) is 6.42 Å². The van der Waals surface area contributed by atoms with Crippen LogP contribution in [0.4, 0.5) is 4.39 Å². The molecule has 0 unspecified atom stereocenters. The van der Waals surface area contributed by atoms with Crippen LogP contribution in [0.2, 0.25) is 0 Å². The van der Waals surface area contributed by atoms with Crippen molar-refractivity contribution in [2.75, 3.05) is 6.26 Å². The third kappa shape index (κ3) is 5.96. The van der Waals surface area contributed by atoms with Gasteiger partial charge in [-0.3, -0.25) is 0 Å². The third-order valence-corrected chi connectivity index (χ3v) is 2.82. The van der Waals surface area contributed by atoms with Gasteiger partial charge in [-0.15, -0.1) is 11.8 Å². The fourth-order valence-corrected chi connectivity index (χ4v) is 1.90. The molecule has 0 spiro atoms. The fraction of sp³-hybridized carbons (Fsp3) is 0.429. The Bertz CT molecular complexity index is 301. The van der Waals surface area contributed by atoms with Crippen LogP contribution in [-0.4, -0.2) is 6.26 Å². The topological polar surface area (TPSA) is 0 Å². The second kappa shape index (κ2) is 9.46. The summed E-state index contributed by atoms with van der Waals surface area (Å²) in [4.78, 5) is 1.35. The predicted molar refractivity (Wildman–Crippen MR) is 73.3 cm³/mol. The number of halogens is 1. The molecule has 1 aromatic rings. The molecule has 0 aliphatic heterocycles. The minimum absolute atomic E-state index is 0.168. The summed E-state index contributed by atoms with van der Waals surface area (Å²) in [5.41, 5.74) is 1.17. The summed E-state index contributed by atoms with van der Waals surface area (Å²) in [6, 6.07) is 6.71. The maximum atomic E-state index is 12.6. The molecule has 0 fully saturated rings. The van der Waals surface area contributed by atoms with Gasteiger partial charge in [-0.05, 0) is 35.3 Å².